The molecule has 7 heteroatoms. The summed E-state index contributed by atoms with van der Waals surface area (Å²) in [6.07, 6.45) is -0.0338. The van der Waals surface area contributed by atoms with Crippen LogP contribution in [0.3, 0.4) is 0 Å². The summed E-state index contributed by atoms with van der Waals surface area (Å²) in [5.74, 6) is 0. The maximum atomic E-state index is 9.76. The fourth-order valence-electron chi connectivity index (χ4n) is 1.63. The van der Waals surface area contributed by atoms with Crippen LogP contribution < -0.4 is 0 Å². The first kappa shape index (κ1) is 12.6. The zero-order valence-corrected chi connectivity index (χ0v) is 9.46. The smallest absolute Gasteiger partial charge is 0.114 e. The zero-order valence-electron chi connectivity index (χ0n) is 8.65. The summed E-state index contributed by atoms with van der Waals surface area (Å²) in [4.78, 5) is 2.65. The fourth-order valence-corrected chi connectivity index (χ4v) is 2.38. The molecule has 0 aromatic heterocycles. The van der Waals surface area contributed by atoms with Gasteiger partial charge in [0.15, 0.2) is 0 Å². The van der Waals surface area contributed by atoms with Crippen molar-refractivity contribution in [1.29, 1.82) is 0 Å². The van der Waals surface area contributed by atoms with Crippen LogP contribution in [0.15, 0.2) is 5.11 Å². The van der Waals surface area contributed by atoms with Crippen molar-refractivity contribution in [1.82, 2.24) is 0 Å². The highest BCUT2D eigenvalue weighted by Gasteiger charge is 2.42. The molecule has 0 radical (unpaired) electrons. The van der Waals surface area contributed by atoms with Gasteiger partial charge >= 0.3 is 0 Å². The first-order chi connectivity index (χ1) is 7.15. The van der Waals surface area contributed by atoms with E-state index < -0.39 is 29.8 Å². The summed E-state index contributed by atoms with van der Waals surface area (Å²) in [5, 5.41) is 22.9. The van der Waals surface area contributed by atoms with Crippen LogP contribution in [0.2, 0.25) is 0 Å². The number of thioether (sulfide) groups is 1. The lowest BCUT2D eigenvalue weighted by Crippen LogP contribution is -2.55. The van der Waals surface area contributed by atoms with Gasteiger partial charge in [-0.05, 0) is 18.2 Å². The van der Waals surface area contributed by atoms with E-state index in [-0.39, 0.29) is 0 Å². The minimum absolute atomic E-state index is 0.399. The first-order valence-corrected chi connectivity index (χ1v) is 6.03. The molecule has 1 fully saturated rings. The number of aliphatic hydroxyl groups excluding tert-OH is 2. The van der Waals surface area contributed by atoms with Crippen molar-refractivity contribution < 1.29 is 14.9 Å². The SMILES string of the molecule is CCC1O[C@@H](SC)C(N=[N+]=[N-])[C@@H](O)[C@@H]1O. The Morgan fingerprint density at radius 1 is 1.47 bits per heavy atom. The van der Waals surface area contributed by atoms with E-state index >= 15 is 0 Å². The third-order valence-electron chi connectivity index (χ3n) is 2.49. The number of nitrogens with zero attached hydrogens (tertiary/aromatic N) is 3. The van der Waals surface area contributed by atoms with Crippen LogP contribution in [0.5, 0.6) is 0 Å². The lowest BCUT2D eigenvalue weighted by Gasteiger charge is -2.40. The molecular weight excluding hydrogens is 218 g/mol. The Hall–Kier alpha value is -0.460. The second-order valence-electron chi connectivity index (χ2n) is 3.36. The molecule has 1 saturated heterocycles. The van der Waals surface area contributed by atoms with Gasteiger partial charge in [-0.3, -0.25) is 0 Å². The lowest BCUT2D eigenvalue weighted by molar-refractivity contribution is -0.154. The average molecular weight is 233 g/mol. The Kier molecular flexibility index (Phi) is 4.69. The second kappa shape index (κ2) is 5.58. The molecule has 1 aliphatic heterocycles. The van der Waals surface area contributed by atoms with E-state index in [1.54, 1.807) is 0 Å². The summed E-state index contributed by atoms with van der Waals surface area (Å²) in [6.45, 7) is 1.87. The number of rotatable bonds is 3. The van der Waals surface area contributed by atoms with Crippen LogP contribution in [0, 0.1) is 0 Å². The molecule has 15 heavy (non-hydrogen) atoms. The van der Waals surface area contributed by atoms with Gasteiger partial charge in [0.1, 0.15) is 17.6 Å². The Morgan fingerprint density at radius 2 is 2.13 bits per heavy atom. The molecule has 1 heterocycles. The van der Waals surface area contributed by atoms with Crippen LogP contribution >= 0.6 is 11.8 Å². The molecule has 1 aliphatic rings. The van der Waals surface area contributed by atoms with Gasteiger partial charge in [-0.1, -0.05) is 12.0 Å². The third kappa shape index (κ3) is 2.56. The zero-order chi connectivity index (χ0) is 11.4. The van der Waals surface area contributed by atoms with Crippen molar-refractivity contribution in [2.75, 3.05) is 6.26 Å². The van der Waals surface area contributed by atoms with Crippen molar-refractivity contribution in [2.24, 2.45) is 5.11 Å². The van der Waals surface area contributed by atoms with E-state index in [4.69, 9.17) is 10.3 Å². The summed E-state index contributed by atoms with van der Waals surface area (Å²) in [6, 6.07) is -0.734. The van der Waals surface area contributed by atoms with Gasteiger partial charge < -0.3 is 14.9 Å². The van der Waals surface area contributed by atoms with E-state index in [9.17, 15) is 10.2 Å². The minimum atomic E-state index is -1.06. The van der Waals surface area contributed by atoms with Crippen molar-refractivity contribution in [3.63, 3.8) is 0 Å². The van der Waals surface area contributed by atoms with Crippen LogP contribution in [-0.4, -0.2) is 46.3 Å². The van der Waals surface area contributed by atoms with Crippen LogP contribution in [0.1, 0.15) is 13.3 Å². The number of ether oxygens (including phenoxy) is 1. The van der Waals surface area contributed by atoms with E-state index in [1.165, 1.54) is 11.8 Å². The summed E-state index contributed by atoms with van der Waals surface area (Å²) < 4.78 is 5.52. The molecule has 0 aromatic carbocycles. The minimum Gasteiger partial charge on any atom is -0.390 e. The lowest BCUT2D eigenvalue weighted by atomic mass is 9.97. The Bertz CT molecular complexity index is 258. The molecule has 86 valence electrons. The second-order valence-corrected chi connectivity index (χ2v) is 4.30. The summed E-state index contributed by atoms with van der Waals surface area (Å²) >= 11 is 1.36. The van der Waals surface area contributed by atoms with E-state index in [0.717, 1.165) is 0 Å². The summed E-state index contributed by atoms with van der Waals surface area (Å²) in [7, 11) is 0. The molecule has 0 amide bonds. The predicted octanol–water partition coefficient (Wildman–Crippen LogP) is 0.885. The molecule has 5 atom stereocenters. The first-order valence-electron chi connectivity index (χ1n) is 4.74. The molecule has 1 rings (SSSR count). The molecule has 0 saturated carbocycles. The van der Waals surface area contributed by atoms with Gasteiger partial charge in [0.05, 0.1) is 12.2 Å². The van der Waals surface area contributed by atoms with E-state index in [1.807, 2.05) is 13.2 Å². The molecule has 0 aromatic rings. The van der Waals surface area contributed by atoms with Gasteiger partial charge in [-0.2, -0.15) is 0 Å². The molecule has 0 spiro atoms. The third-order valence-corrected chi connectivity index (χ3v) is 3.34. The number of hydrogen-bond donors (Lipinski definition) is 2. The number of aliphatic hydroxyl groups is 2. The van der Waals surface area contributed by atoms with Gasteiger partial charge in [0, 0.05) is 4.91 Å². The van der Waals surface area contributed by atoms with Gasteiger partial charge in [0.25, 0.3) is 0 Å². The molecule has 2 unspecified atom stereocenters. The van der Waals surface area contributed by atoms with Crippen LogP contribution in [0.25, 0.3) is 10.4 Å². The fraction of sp³-hybridized carbons (Fsp3) is 1.00. The standard InChI is InChI=1S/C8H15N3O3S/c1-3-4-6(12)7(13)5(10-11-9)8(14-4)15-2/h4-8,12-13H,3H2,1-2H3/t4?,5?,6-,7-,8+/m1/s1. The summed E-state index contributed by atoms with van der Waals surface area (Å²) in [5.41, 5.74) is 7.96. The van der Waals surface area contributed by atoms with Crippen molar-refractivity contribution >= 4 is 11.8 Å². The largest absolute Gasteiger partial charge is 0.390 e. The monoisotopic (exact) mass is 233 g/mol. The van der Waals surface area contributed by atoms with Gasteiger partial charge in [0.2, 0.25) is 0 Å². The Morgan fingerprint density at radius 3 is 2.60 bits per heavy atom. The molecule has 6 nitrogen and oxygen atoms in total. The number of azide groups is 1. The molecule has 2 N–H and O–H groups in total. The maximum Gasteiger partial charge on any atom is 0.114 e. The molecule has 0 bridgehead atoms. The topological polar surface area (TPSA) is 98.5 Å². The molecule has 0 aliphatic carbocycles. The van der Waals surface area contributed by atoms with Crippen molar-refractivity contribution in [3.05, 3.63) is 10.4 Å². The van der Waals surface area contributed by atoms with Gasteiger partial charge in [-0.25, -0.2) is 0 Å². The van der Waals surface area contributed by atoms with E-state index in [0.29, 0.717) is 6.42 Å². The Balaban J connectivity index is 2.83. The Labute approximate surface area is 92.2 Å². The van der Waals surface area contributed by atoms with E-state index in [2.05, 4.69) is 10.0 Å². The highest BCUT2D eigenvalue weighted by atomic mass is 32.2. The van der Waals surface area contributed by atoms with Crippen LogP contribution in [-0.2, 0) is 4.74 Å². The van der Waals surface area contributed by atoms with Gasteiger partial charge in [-0.15, -0.1) is 11.8 Å². The van der Waals surface area contributed by atoms with Crippen LogP contribution in [0.4, 0.5) is 0 Å². The highest BCUT2D eigenvalue weighted by Crippen LogP contribution is 2.30. The number of hydrogen-bond acceptors (Lipinski definition) is 5. The maximum absolute atomic E-state index is 9.76. The average Bonchev–Trinajstić information content (AvgIpc) is 2.25. The van der Waals surface area contributed by atoms with Crippen molar-refractivity contribution in [3.8, 4) is 0 Å². The highest BCUT2D eigenvalue weighted by molar-refractivity contribution is 7.99. The predicted molar refractivity (Wildman–Crippen MR) is 57.4 cm³/mol. The quantitative estimate of drug-likeness (QED) is 0.429. The van der Waals surface area contributed by atoms with Crippen molar-refractivity contribution in [2.45, 2.75) is 43.1 Å². The normalized spacial score (nSPS) is 40.9. The molecular formula is C8H15N3O3S.